The van der Waals surface area contributed by atoms with E-state index in [4.69, 9.17) is 20.2 Å². The van der Waals surface area contributed by atoms with Crippen molar-refractivity contribution in [1.82, 2.24) is 19.4 Å². The maximum Gasteiger partial charge on any atom is 0.410 e. The lowest BCUT2D eigenvalue weighted by atomic mass is 9.92. The number of pyridine rings is 1. The summed E-state index contributed by atoms with van der Waals surface area (Å²) in [6, 6.07) is 9.54. The van der Waals surface area contributed by atoms with Gasteiger partial charge in [-0.3, -0.25) is 0 Å². The second-order valence-corrected chi connectivity index (χ2v) is 9.21. The fourth-order valence-electron chi connectivity index (χ4n) is 4.26. The number of aliphatic hydroxyl groups is 2. The predicted octanol–water partition coefficient (Wildman–Crippen LogP) is 2.24. The number of rotatable bonds is 9. The zero-order chi connectivity index (χ0) is 25.0. The van der Waals surface area contributed by atoms with Gasteiger partial charge in [0.15, 0.2) is 5.82 Å². The van der Waals surface area contributed by atoms with E-state index in [1.807, 2.05) is 48.7 Å². The summed E-state index contributed by atoms with van der Waals surface area (Å²) >= 11 is 0. The second-order valence-electron chi connectivity index (χ2n) is 9.21. The van der Waals surface area contributed by atoms with Gasteiger partial charge in [-0.05, 0) is 18.9 Å². The molecule has 0 bridgehead atoms. The largest absolute Gasteiger partial charge is 0.445 e. The van der Waals surface area contributed by atoms with Crippen molar-refractivity contribution in [2.75, 3.05) is 32.1 Å². The standard InChI is InChI=1S/C25H33N5O5/c1-3-34-13-20-28-21-22(30(20)14-25(2,15-31)16-32)18-9-10-29(11-19(18)27-23(21)26)24(33)35-12-17-7-5-4-6-8-17/h4-8,31-32H,3,9-16H2,1-2H3,(H2,26,27). The third-order valence-corrected chi connectivity index (χ3v) is 6.35. The number of anilines is 1. The van der Waals surface area contributed by atoms with Crippen LogP contribution in [0.3, 0.4) is 0 Å². The molecule has 35 heavy (non-hydrogen) atoms. The minimum absolute atomic E-state index is 0.193. The van der Waals surface area contributed by atoms with Crippen LogP contribution in [0.15, 0.2) is 30.3 Å². The van der Waals surface area contributed by atoms with Gasteiger partial charge in [-0.25, -0.2) is 14.8 Å². The Bertz CT molecular complexity index is 1180. The van der Waals surface area contributed by atoms with E-state index in [-0.39, 0.29) is 38.8 Å². The molecule has 0 atom stereocenters. The molecule has 1 aliphatic heterocycles. The first-order valence-electron chi connectivity index (χ1n) is 11.8. The van der Waals surface area contributed by atoms with E-state index in [0.717, 1.165) is 16.6 Å². The number of amides is 1. The first-order chi connectivity index (χ1) is 16.9. The highest BCUT2D eigenvalue weighted by molar-refractivity contribution is 5.89. The molecule has 4 rings (SSSR count). The van der Waals surface area contributed by atoms with Gasteiger partial charge < -0.3 is 34.9 Å². The van der Waals surface area contributed by atoms with Gasteiger partial charge in [0, 0.05) is 30.7 Å². The molecule has 0 aliphatic carbocycles. The summed E-state index contributed by atoms with van der Waals surface area (Å²) in [5.74, 6) is 0.922. The normalized spacial score (nSPS) is 13.8. The van der Waals surface area contributed by atoms with E-state index in [1.54, 1.807) is 4.90 Å². The Hall–Kier alpha value is -3.21. The van der Waals surface area contributed by atoms with Crippen LogP contribution in [0.2, 0.25) is 0 Å². The Labute approximate surface area is 204 Å². The van der Waals surface area contributed by atoms with Crippen LogP contribution in [0.4, 0.5) is 10.6 Å². The van der Waals surface area contributed by atoms with Gasteiger partial charge in [-0.1, -0.05) is 37.3 Å². The summed E-state index contributed by atoms with van der Waals surface area (Å²) in [6.45, 7) is 5.38. The van der Waals surface area contributed by atoms with E-state index in [2.05, 4.69) is 4.98 Å². The Morgan fingerprint density at radius 3 is 2.60 bits per heavy atom. The molecule has 3 heterocycles. The minimum atomic E-state index is -0.762. The van der Waals surface area contributed by atoms with E-state index in [1.165, 1.54) is 0 Å². The van der Waals surface area contributed by atoms with E-state index >= 15 is 0 Å². The number of benzene rings is 1. The van der Waals surface area contributed by atoms with Gasteiger partial charge in [-0.2, -0.15) is 0 Å². The lowest BCUT2D eigenvalue weighted by molar-refractivity contribution is 0.0529. The molecule has 188 valence electrons. The fraction of sp³-hybridized carbons (Fsp3) is 0.480. The topological polar surface area (TPSA) is 136 Å². The first-order valence-corrected chi connectivity index (χ1v) is 11.8. The summed E-state index contributed by atoms with van der Waals surface area (Å²) in [7, 11) is 0. The molecule has 10 heteroatoms. The van der Waals surface area contributed by atoms with Crippen LogP contribution in [0.5, 0.6) is 0 Å². The monoisotopic (exact) mass is 483 g/mol. The van der Waals surface area contributed by atoms with Crippen molar-refractivity contribution in [3.63, 3.8) is 0 Å². The number of carbonyl (C=O) groups is 1. The SMILES string of the molecule is CCOCc1nc2c(N)nc3c(c2n1CC(C)(CO)CO)CCN(C(=O)OCc1ccccc1)C3. The minimum Gasteiger partial charge on any atom is -0.445 e. The molecular weight excluding hydrogens is 450 g/mol. The predicted molar refractivity (Wildman–Crippen MR) is 130 cm³/mol. The van der Waals surface area contributed by atoms with Gasteiger partial charge in [-0.15, -0.1) is 0 Å². The van der Waals surface area contributed by atoms with Crippen molar-refractivity contribution in [2.24, 2.45) is 5.41 Å². The summed E-state index contributed by atoms with van der Waals surface area (Å²) in [5.41, 5.74) is 9.50. The van der Waals surface area contributed by atoms with E-state index in [9.17, 15) is 15.0 Å². The highest BCUT2D eigenvalue weighted by atomic mass is 16.6. The zero-order valence-corrected chi connectivity index (χ0v) is 20.2. The molecule has 0 fully saturated rings. The molecule has 3 aromatic rings. The third kappa shape index (κ3) is 5.24. The van der Waals surface area contributed by atoms with Crippen LogP contribution in [0.25, 0.3) is 11.0 Å². The number of nitrogens with two attached hydrogens (primary N) is 1. The highest BCUT2D eigenvalue weighted by Crippen LogP contribution is 2.33. The lowest BCUT2D eigenvalue weighted by Crippen LogP contribution is -2.37. The summed E-state index contributed by atoms with van der Waals surface area (Å²) in [6.07, 6.45) is 0.146. The molecule has 0 radical (unpaired) electrons. The Balaban J connectivity index is 1.65. The van der Waals surface area contributed by atoms with Crippen molar-refractivity contribution < 1.29 is 24.5 Å². The number of hydrogen-bond acceptors (Lipinski definition) is 8. The molecule has 2 aromatic heterocycles. The molecule has 1 amide bonds. The molecule has 0 saturated carbocycles. The van der Waals surface area contributed by atoms with Gasteiger partial charge in [0.1, 0.15) is 24.6 Å². The summed E-state index contributed by atoms with van der Waals surface area (Å²) < 4.78 is 13.1. The van der Waals surface area contributed by atoms with Crippen LogP contribution in [-0.4, -0.2) is 62.1 Å². The van der Waals surface area contributed by atoms with Crippen molar-refractivity contribution in [3.05, 3.63) is 53.0 Å². The highest BCUT2D eigenvalue weighted by Gasteiger charge is 2.31. The first kappa shape index (κ1) is 24.9. The molecular formula is C25H33N5O5. The van der Waals surface area contributed by atoms with Crippen LogP contribution >= 0.6 is 0 Å². The Kier molecular flexibility index (Phi) is 7.54. The number of ether oxygens (including phenoxy) is 2. The average molecular weight is 484 g/mol. The number of nitrogen functional groups attached to an aromatic ring is 1. The number of hydrogen-bond donors (Lipinski definition) is 3. The van der Waals surface area contributed by atoms with Gasteiger partial charge in [0.2, 0.25) is 0 Å². The number of nitrogens with zero attached hydrogens (tertiary/aromatic N) is 4. The van der Waals surface area contributed by atoms with Crippen molar-refractivity contribution in [1.29, 1.82) is 0 Å². The second kappa shape index (κ2) is 10.6. The summed E-state index contributed by atoms with van der Waals surface area (Å²) in [5, 5.41) is 19.8. The van der Waals surface area contributed by atoms with Crippen LogP contribution < -0.4 is 5.73 Å². The van der Waals surface area contributed by atoms with Gasteiger partial charge >= 0.3 is 6.09 Å². The Morgan fingerprint density at radius 1 is 1.17 bits per heavy atom. The number of fused-ring (bicyclic) bond motifs is 3. The number of carbonyl (C=O) groups excluding carboxylic acids is 1. The van der Waals surface area contributed by atoms with Crippen LogP contribution in [-0.2, 0) is 42.2 Å². The van der Waals surface area contributed by atoms with E-state index < -0.39 is 11.5 Å². The zero-order valence-electron chi connectivity index (χ0n) is 20.2. The quantitative estimate of drug-likeness (QED) is 0.422. The Morgan fingerprint density at radius 2 is 1.91 bits per heavy atom. The molecule has 0 spiro atoms. The molecule has 1 aromatic carbocycles. The fourth-order valence-corrected chi connectivity index (χ4v) is 4.26. The molecule has 0 unspecified atom stereocenters. The van der Waals surface area contributed by atoms with Crippen LogP contribution in [0.1, 0.15) is 36.5 Å². The average Bonchev–Trinajstić information content (AvgIpc) is 3.24. The van der Waals surface area contributed by atoms with E-state index in [0.29, 0.717) is 43.2 Å². The van der Waals surface area contributed by atoms with Crippen molar-refractivity contribution in [2.45, 2.75) is 46.6 Å². The van der Waals surface area contributed by atoms with Gasteiger partial charge in [0.25, 0.3) is 0 Å². The van der Waals surface area contributed by atoms with Crippen molar-refractivity contribution >= 4 is 22.9 Å². The number of aromatic nitrogens is 3. The molecule has 0 saturated heterocycles. The van der Waals surface area contributed by atoms with Gasteiger partial charge in [0.05, 0.1) is 31.0 Å². The lowest BCUT2D eigenvalue weighted by Gasteiger charge is -2.30. The summed E-state index contributed by atoms with van der Waals surface area (Å²) in [4.78, 5) is 23.6. The third-order valence-electron chi connectivity index (χ3n) is 6.35. The molecule has 4 N–H and O–H groups in total. The number of imidazole rings is 1. The molecule has 10 nitrogen and oxygen atoms in total. The van der Waals surface area contributed by atoms with Crippen LogP contribution in [0, 0.1) is 5.41 Å². The molecule has 1 aliphatic rings. The smallest absolute Gasteiger partial charge is 0.410 e. The number of aliphatic hydroxyl groups excluding tert-OH is 2. The van der Waals surface area contributed by atoms with Crippen molar-refractivity contribution in [3.8, 4) is 0 Å². The maximum atomic E-state index is 12.7. The maximum absolute atomic E-state index is 12.7.